The monoisotopic (exact) mass is 250 g/mol. The Labute approximate surface area is 109 Å². The lowest BCUT2D eigenvalue weighted by Gasteiger charge is -2.11. The first-order chi connectivity index (χ1) is 8.21. The highest BCUT2D eigenvalue weighted by Crippen LogP contribution is 2.20. The molecule has 0 aromatic heterocycles. The lowest BCUT2D eigenvalue weighted by Crippen LogP contribution is -2.07. The molecule has 0 aliphatic carbocycles. The highest BCUT2D eigenvalue weighted by molar-refractivity contribution is 7.99. The van der Waals surface area contributed by atoms with Crippen LogP contribution in [0, 0.1) is 5.92 Å². The molecule has 0 aliphatic rings. The van der Waals surface area contributed by atoms with Crippen molar-refractivity contribution in [3.05, 3.63) is 29.8 Å². The molecule has 0 heterocycles. The molecule has 0 saturated heterocycles. The highest BCUT2D eigenvalue weighted by atomic mass is 32.2. The van der Waals surface area contributed by atoms with E-state index in [1.807, 2.05) is 36.0 Å². The minimum absolute atomic E-state index is 0.284. The second-order valence-electron chi connectivity index (χ2n) is 4.27. The fourth-order valence-corrected chi connectivity index (χ4v) is 2.52. The number of benzene rings is 1. The summed E-state index contributed by atoms with van der Waals surface area (Å²) in [5.41, 5.74) is 0.859. The van der Waals surface area contributed by atoms with Gasteiger partial charge in [-0.15, -0.1) is 11.8 Å². The van der Waals surface area contributed by atoms with E-state index in [0.717, 1.165) is 24.2 Å². The van der Waals surface area contributed by atoms with Crippen LogP contribution in [0.2, 0.25) is 0 Å². The molecule has 2 heteroatoms. The molecule has 1 nitrogen and oxygen atoms in total. The zero-order chi connectivity index (χ0) is 12.7. The number of carbonyl (C=O) groups excluding carboxylic acids is 1. The molecule has 0 bridgehead atoms. The highest BCUT2D eigenvalue weighted by Gasteiger charge is 2.12. The van der Waals surface area contributed by atoms with E-state index in [1.165, 1.54) is 4.90 Å². The van der Waals surface area contributed by atoms with E-state index in [1.54, 1.807) is 0 Å². The number of rotatable bonds is 7. The van der Waals surface area contributed by atoms with Crippen molar-refractivity contribution in [1.82, 2.24) is 0 Å². The Morgan fingerprint density at radius 3 is 2.18 bits per heavy atom. The Kier molecular flexibility index (Phi) is 6.35. The number of carbonyl (C=O) groups is 1. The summed E-state index contributed by atoms with van der Waals surface area (Å²) in [6.07, 6.45) is 2.87. The van der Waals surface area contributed by atoms with Gasteiger partial charge in [0.05, 0.1) is 0 Å². The van der Waals surface area contributed by atoms with Crippen LogP contribution in [-0.4, -0.2) is 11.5 Å². The summed E-state index contributed by atoms with van der Waals surface area (Å²) in [6, 6.07) is 8.02. The zero-order valence-corrected chi connectivity index (χ0v) is 11.8. The molecule has 0 atom stereocenters. The molecule has 0 N–H and O–H groups in total. The maximum absolute atomic E-state index is 12.0. The molecule has 1 rings (SSSR count). The minimum Gasteiger partial charge on any atom is -0.294 e. The standard InChI is InChI=1S/C15H22OS/c1-4-12(5-2)11-15(16)13-7-9-14(10-8-13)17-6-3/h7-10,12H,4-6,11H2,1-3H3. The molecule has 94 valence electrons. The van der Waals surface area contributed by atoms with Gasteiger partial charge in [-0.2, -0.15) is 0 Å². The smallest absolute Gasteiger partial charge is 0.163 e. The fourth-order valence-electron chi connectivity index (χ4n) is 1.86. The summed E-state index contributed by atoms with van der Waals surface area (Å²) >= 11 is 1.81. The Balaban J connectivity index is 2.63. The summed E-state index contributed by atoms with van der Waals surface area (Å²) in [6.45, 7) is 6.45. The molecule has 0 spiro atoms. The topological polar surface area (TPSA) is 17.1 Å². The van der Waals surface area contributed by atoms with Gasteiger partial charge in [0, 0.05) is 16.9 Å². The van der Waals surface area contributed by atoms with E-state index in [9.17, 15) is 4.79 Å². The molecule has 1 aromatic carbocycles. The first-order valence-electron chi connectivity index (χ1n) is 6.47. The summed E-state index contributed by atoms with van der Waals surface area (Å²) in [7, 11) is 0. The van der Waals surface area contributed by atoms with Gasteiger partial charge in [0.15, 0.2) is 5.78 Å². The van der Waals surface area contributed by atoms with Gasteiger partial charge >= 0.3 is 0 Å². The van der Waals surface area contributed by atoms with Gasteiger partial charge in [0.2, 0.25) is 0 Å². The van der Waals surface area contributed by atoms with Crippen molar-refractivity contribution in [2.45, 2.75) is 44.9 Å². The van der Waals surface area contributed by atoms with Crippen molar-refractivity contribution in [2.24, 2.45) is 5.92 Å². The van der Waals surface area contributed by atoms with E-state index in [2.05, 4.69) is 20.8 Å². The molecule has 0 aliphatic heterocycles. The second-order valence-corrected chi connectivity index (χ2v) is 5.60. The average molecular weight is 250 g/mol. The van der Waals surface area contributed by atoms with E-state index in [0.29, 0.717) is 12.3 Å². The van der Waals surface area contributed by atoms with Crippen LogP contribution in [0.4, 0.5) is 0 Å². The molecule has 0 unspecified atom stereocenters. The van der Waals surface area contributed by atoms with Gasteiger partial charge in [-0.25, -0.2) is 0 Å². The summed E-state index contributed by atoms with van der Waals surface area (Å²) in [4.78, 5) is 13.3. The number of thioether (sulfide) groups is 1. The number of hydrogen-bond donors (Lipinski definition) is 0. The SMILES string of the molecule is CCSc1ccc(C(=O)CC(CC)CC)cc1. The maximum atomic E-state index is 12.0. The number of Topliss-reactive ketones (excluding diaryl/α,β-unsaturated/α-hetero) is 1. The van der Waals surface area contributed by atoms with Crippen LogP contribution in [0.15, 0.2) is 29.2 Å². The van der Waals surface area contributed by atoms with Crippen molar-refractivity contribution in [3.8, 4) is 0 Å². The van der Waals surface area contributed by atoms with Crippen molar-refractivity contribution in [2.75, 3.05) is 5.75 Å². The molecular weight excluding hydrogens is 228 g/mol. The molecule has 0 saturated carbocycles. The normalized spacial score (nSPS) is 10.8. The predicted molar refractivity (Wildman–Crippen MR) is 75.9 cm³/mol. The van der Waals surface area contributed by atoms with Gasteiger partial charge < -0.3 is 0 Å². The lowest BCUT2D eigenvalue weighted by molar-refractivity contribution is 0.0958. The molecule has 0 radical (unpaired) electrons. The second kappa shape index (κ2) is 7.54. The van der Waals surface area contributed by atoms with Crippen LogP contribution < -0.4 is 0 Å². The van der Waals surface area contributed by atoms with Crippen LogP contribution in [0.25, 0.3) is 0 Å². The zero-order valence-electron chi connectivity index (χ0n) is 11.0. The van der Waals surface area contributed by atoms with Gasteiger partial charge in [-0.3, -0.25) is 4.79 Å². The van der Waals surface area contributed by atoms with Crippen molar-refractivity contribution < 1.29 is 4.79 Å². The van der Waals surface area contributed by atoms with Gasteiger partial charge in [-0.1, -0.05) is 45.7 Å². The average Bonchev–Trinajstić information content (AvgIpc) is 2.37. The van der Waals surface area contributed by atoms with E-state index >= 15 is 0 Å². The molecule has 0 fully saturated rings. The third-order valence-electron chi connectivity index (χ3n) is 3.12. The molecule has 1 aromatic rings. The van der Waals surface area contributed by atoms with Crippen molar-refractivity contribution in [3.63, 3.8) is 0 Å². The van der Waals surface area contributed by atoms with Crippen LogP contribution in [0.3, 0.4) is 0 Å². The maximum Gasteiger partial charge on any atom is 0.163 e. The summed E-state index contributed by atoms with van der Waals surface area (Å²) in [5.74, 6) is 1.89. The molecule has 17 heavy (non-hydrogen) atoms. The Bertz CT molecular complexity index is 338. The summed E-state index contributed by atoms with van der Waals surface area (Å²) in [5, 5.41) is 0. The van der Waals surface area contributed by atoms with Crippen LogP contribution in [-0.2, 0) is 0 Å². The van der Waals surface area contributed by atoms with E-state index < -0.39 is 0 Å². The fraction of sp³-hybridized carbons (Fsp3) is 0.533. The van der Waals surface area contributed by atoms with E-state index in [-0.39, 0.29) is 5.78 Å². The quantitative estimate of drug-likeness (QED) is 0.510. The van der Waals surface area contributed by atoms with Gasteiger partial charge in [0.25, 0.3) is 0 Å². The molecular formula is C15H22OS. The number of ketones is 1. The van der Waals surface area contributed by atoms with E-state index in [4.69, 9.17) is 0 Å². The van der Waals surface area contributed by atoms with Crippen LogP contribution >= 0.6 is 11.8 Å². The largest absolute Gasteiger partial charge is 0.294 e. The van der Waals surface area contributed by atoms with Crippen LogP contribution in [0.5, 0.6) is 0 Å². The third-order valence-corrected chi connectivity index (χ3v) is 4.01. The number of hydrogen-bond acceptors (Lipinski definition) is 2. The lowest BCUT2D eigenvalue weighted by atomic mass is 9.94. The van der Waals surface area contributed by atoms with Crippen molar-refractivity contribution >= 4 is 17.5 Å². The minimum atomic E-state index is 0.284. The van der Waals surface area contributed by atoms with Crippen LogP contribution in [0.1, 0.15) is 50.4 Å². The molecule has 0 amide bonds. The van der Waals surface area contributed by atoms with Gasteiger partial charge in [-0.05, 0) is 23.8 Å². The first-order valence-corrected chi connectivity index (χ1v) is 7.45. The Morgan fingerprint density at radius 1 is 1.12 bits per heavy atom. The van der Waals surface area contributed by atoms with Crippen molar-refractivity contribution in [1.29, 1.82) is 0 Å². The third kappa shape index (κ3) is 4.55. The predicted octanol–water partition coefficient (Wildman–Crippen LogP) is 4.81. The van der Waals surface area contributed by atoms with Gasteiger partial charge in [0.1, 0.15) is 0 Å². The summed E-state index contributed by atoms with van der Waals surface area (Å²) < 4.78 is 0. The first kappa shape index (κ1) is 14.3. The Hall–Kier alpha value is -0.760. The Morgan fingerprint density at radius 2 is 1.71 bits per heavy atom.